The minimum atomic E-state index is 0.228. The average Bonchev–Trinajstić information content (AvgIpc) is 2.49. The van der Waals surface area contributed by atoms with Crippen LogP contribution in [0.4, 0.5) is 5.69 Å². The third kappa shape index (κ3) is 2.93. The van der Waals surface area contributed by atoms with E-state index in [0.29, 0.717) is 5.92 Å². The molecule has 0 saturated carbocycles. The van der Waals surface area contributed by atoms with Gasteiger partial charge < -0.3 is 15.8 Å². The molecule has 1 aromatic rings. The highest BCUT2D eigenvalue weighted by Crippen LogP contribution is 2.32. The Morgan fingerprint density at radius 1 is 1.20 bits per heavy atom. The Balaban J connectivity index is 1.73. The summed E-state index contributed by atoms with van der Waals surface area (Å²) in [5.74, 6) is 1.49. The van der Waals surface area contributed by atoms with Crippen LogP contribution in [0.15, 0.2) is 12.1 Å². The van der Waals surface area contributed by atoms with Crippen LogP contribution in [-0.4, -0.2) is 19.2 Å². The first kappa shape index (κ1) is 13.7. The number of piperidine rings is 1. The zero-order chi connectivity index (χ0) is 13.9. The molecule has 0 spiro atoms. The number of nitrogens with two attached hydrogens (primary N) is 1. The number of hydrogen-bond donors (Lipinski definition) is 2. The number of aryl methyl sites for hydroxylation is 2. The predicted octanol–water partition coefficient (Wildman–Crippen LogP) is 2.91. The molecule has 3 heteroatoms. The molecule has 3 rings (SSSR count). The van der Waals surface area contributed by atoms with E-state index >= 15 is 0 Å². The number of nitrogen functional groups attached to an aromatic ring is 1. The molecule has 0 radical (unpaired) electrons. The van der Waals surface area contributed by atoms with Crippen LogP contribution in [0.3, 0.4) is 0 Å². The van der Waals surface area contributed by atoms with Gasteiger partial charge in [-0.2, -0.15) is 0 Å². The third-order valence-corrected chi connectivity index (χ3v) is 4.79. The minimum absolute atomic E-state index is 0.228. The third-order valence-electron chi connectivity index (χ3n) is 4.79. The standard InChI is InChI=1S/C17H26N2O/c1-12(15-7-4-8-19-11-15)20-17-10-14-6-3-2-5-13(14)9-16(17)18/h9-10,12,15,19H,2-8,11,18H2,1H3. The summed E-state index contributed by atoms with van der Waals surface area (Å²) < 4.78 is 6.19. The molecule has 2 unspecified atom stereocenters. The number of benzene rings is 1. The Bertz CT molecular complexity index is 466. The van der Waals surface area contributed by atoms with E-state index in [1.54, 1.807) is 0 Å². The van der Waals surface area contributed by atoms with Gasteiger partial charge >= 0.3 is 0 Å². The Morgan fingerprint density at radius 2 is 1.95 bits per heavy atom. The molecule has 0 amide bonds. The molecule has 1 aliphatic heterocycles. The smallest absolute Gasteiger partial charge is 0.142 e. The highest BCUT2D eigenvalue weighted by Gasteiger charge is 2.22. The summed E-state index contributed by atoms with van der Waals surface area (Å²) in [7, 11) is 0. The van der Waals surface area contributed by atoms with E-state index in [-0.39, 0.29) is 6.10 Å². The van der Waals surface area contributed by atoms with Crippen LogP contribution in [-0.2, 0) is 12.8 Å². The van der Waals surface area contributed by atoms with Gasteiger partial charge in [0.2, 0.25) is 0 Å². The molecule has 1 heterocycles. The van der Waals surface area contributed by atoms with Gasteiger partial charge in [-0.25, -0.2) is 0 Å². The fraction of sp³-hybridized carbons (Fsp3) is 0.647. The number of hydrogen-bond acceptors (Lipinski definition) is 3. The van der Waals surface area contributed by atoms with Gasteiger partial charge in [-0.1, -0.05) is 0 Å². The van der Waals surface area contributed by atoms with Crippen molar-refractivity contribution in [1.29, 1.82) is 0 Å². The van der Waals surface area contributed by atoms with Crippen LogP contribution >= 0.6 is 0 Å². The van der Waals surface area contributed by atoms with E-state index in [1.165, 1.54) is 49.7 Å². The van der Waals surface area contributed by atoms with E-state index in [1.807, 2.05) is 0 Å². The number of fused-ring (bicyclic) bond motifs is 1. The lowest BCUT2D eigenvalue weighted by Gasteiger charge is -2.29. The summed E-state index contributed by atoms with van der Waals surface area (Å²) in [6.07, 6.45) is 7.64. The maximum atomic E-state index is 6.19. The normalized spacial score (nSPS) is 23.9. The van der Waals surface area contributed by atoms with Crippen molar-refractivity contribution in [2.75, 3.05) is 18.8 Å². The van der Waals surface area contributed by atoms with Crippen molar-refractivity contribution in [3.63, 3.8) is 0 Å². The first-order chi connectivity index (χ1) is 9.74. The van der Waals surface area contributed by atoms with E-state index in [9.17, 15) is 0 Å². The first-order valence-electron chi connectivity index (χ1n) is 8.02. The minimum Gasteiger partial charge on any atom is -0.488 e. The Kier molecular flexibility index (Phi) is 4.16. The lowest BCUT2D eigenvalue weighted by molar-refractivity contribution is 0.132. The van der Waals surface area contributed by atoms with E-state index in [4.69, 9.17) is 10.5 Å². The van der Waals surface area contributed by atoms with Gasteiger partial charge in [0.25, 0.3) is 0 Å². The maximum absolute atomic E-state index is 6.19. The Morgan fingerprint density at radius 3 is 2.65 bits per heavy atom. The summed E-state index contributed by atoms with van der Waals surface area (Å²) in [4.78, 5) is 0. The maximum Gasteiger partial charge on any atom is 0.142 e. The van der Waals surface area contributed by atoms with Crippen molar-refractivity contribution in [3.8, 4) is 5.75 Å². The summed E-state index contributed by atoms with van der Waals surface area (Å²) >= 11 is 0. The summed E-state index contributed by atoms with van der Waals surface area (Å²) in [6, 6.07) is 4.33. The first-order valence-corrected chi connectivity index (χ1v) is 8.02. The molecule has 2 aliphatic rings. The zero-order valence-electron chi connectivity index (χ0n) is 12.5. The van der Waals surface area contributed by atoms with Gasteiger partial charge in [0.05, 0.1) is 5.69 Å². The largest absolute Gasteiger partial charge is 0.488 e. The second-order valence-electron chi connectivity index (χ2n) is 6.30. The number of nitrogens with one attached hydrogen (secondary N) is 1. The van der Waals surface area contributed by atoms with E-state index in [0.717, 1.165) is 24.5 Å². The molecule has 1 aromatic carbocycles. The van der Waals surface area contributed by atoms with Crippen molar-refractivity contribution in [3.05, 3.63) is 23.3 Å². The van der Waals surface area contributed by atoms with Gasteiger partial charge in [0.15, 0.2) is 0 Å². The van der Waals surface area contributed by atoms with Crippen LogP contribution in [0.5, 0.6) is 5.75 Å². The monoisotopic (exact) mass is 274 g/mol. The van der Waals surface area contributed by atoms with Crippen molar-refractivity contribution >= 4 is 5.69 Å². The summed E-state index contributed by atoms with van der Waals surface area (Å²) in [6.45, 7) is 4.38. The topological polar surface area (TPSA) is 47.3 Å². The lowest BCUT2D eigenvalue weighted by Crippen LogP contribution is -2.38. The fourth-order valence-corrected chi connectivity index (χ4v) is 3.46. The van der Waals surface area contributed by atoms with Crippen LogP contribution in [0.1, 0.15) is 43.7 Å². The number of rotatable bonds is 3. The average molecular weight is 274 g/mol. The van der Waals surface area contributed by atoms with E-state index < -0.39 is 0 Å². The molecular weight excluding hydrogens is 248 g/mol. The Labute approximate surface area is 121 Å². The van der Waals surface area contributed by atoms with Crippen LogP contribution in [0.2, 0.25) is 0 Å². The summed E-state index contributed by atoms with van der Waals surface area (Å²) in [5.41, 5.74) is 9.85. The van der Waals surface area contributed by atoms with Gasteiger partial charge in [-0.3, -0.25) is 0 Å². The molecule has 1 saturated heterocycles. The molecule has 3 N–H and O–H groups in total. The lowest BCUT2D eigenvalue weighted by atomic mass is 9.91. The van der Waals surface area contributed by atoms with Gasteiger partial charge in [-0.15, -0.1) is 0 Å². The van der Waals surface area contributed by atoms with Crippen molar-refractivity contribution in [2.24, 2.45) is 5.92 Å². The molecule has 0 bridgehead atoms. The second-order valence-corrected chi connectivity index (χ2v) is 6.30. The predicted molar refractivity (Wildman–Crippen MR) is 83.2 cm³/mol. The summed E-state index contributed by atoms with van der Waals surface area (Å²) in [5, 5.41) is 3.45. The molecule has 1 aliphatic carbocycles. The van der Waals surface area contributed by atoms with Crippen LogP contribution < -0.4 is 15.8 Å². The molecular formula is C17H26N2O. The van der Waals surface area contributed by atoms with E-state index in [2.05, 4.69) is 24.4 Å². The molecule has 1 fully saturated rings. The molecule has 2 atom stereocenters. The zero-order valence-corrected chi connectivity index (χ0v) is 12.5. The molecule has 20 heavy (non-hydrogen) atoms. The second kappa shape index (κ2) is 6.04. The number of ether oxygens (including phenoxy) is 1. The molecule has 3 nitrogen and oxygen atoms in total. The van der Waals surface area contributed by atoms with Crippen molar-refractivity contribution in [2.45, 2.75) is 51.6 Å². The van der Waals surface area contributed by atoms with Gasteiger partial charge in [0.1, 0.15) is 11.9 Å². The quantitative estimate of drug-likeness (QED) is 0.833. The van der Waals surface area contributed by atoms with Gasteiger partial charge in [-0.05, 0) is 75.3 Å². The van der Waals surface area contributed by atoms with Crippen LogP contribution in [0, 0.1) is 5.92 Å². The highest BCUT2D eigenvalue weighted by atomic mass is 16.5. The van der Waals surface area contributed by atoms with Gasteiger partial charge in [0, 0.05) is 12.5 Å². The van der Waals surface area contributed by atoms with Crippen molar-refractivity contribution in [1.82, 2.24) is 5.32 Å². The number of anilines is 1. The fourth-order valence-electron chi connectivity index (χ4n) is 3.46. The molecule has 110 valence electrons. The SMILES string of the molecule is CC(Oc1cc2c(cc1N)CCCC2)C1CCCNC1. The van der Waals surface area contributed by atoms with Crippen molar-refractivity contribution < 1.29 is 4.74 Å². The van der Waals surface area contributed by atoms with Crippen LogP contribution in [0.25, 0.3) is 0 Å². The Hall–Kier alpha value is -1.22. The highest BCUT2D eigenvalue weighted by molar-refractivity contribution is 5.57. The molecule has 0 aromatic heterocycles.